The number of hydrogen-bond acceptors (Lipinski definition) is 6. The van der Waals surface area contributed by atoms with Gasteiger partial charge in [-0.1, -0.05) is 23.8 Å². The monoisotopic (exact) mass is 431 g/mol. The first-order valence-electron chi connectivity index (χ1n) is 10.0. The Morgan fingerprint density at radius 1 is 1.19 bits per heavy atom. The molecule has 0 aliphatic carbocycles. The van der Waals surface area contributed by atoms with Crippen molar-refractivity contribution in [3.63, 3.8) is 0 Å². The van der Waals surface area contributed by atoms with Crippen LogP contribution in [0.2, 0.25) is 0 Å². The summed E-state index contributed by atoms with van der Waals surface area (Å²) in [5.74, 6) is 0.278. The molecule has 1 N–H and O–H groups in total. The van der Waals surface area contributed by atoms with E-state index in [2.05, 4.69) is 4.99 Å². The van der Waals surface area contributed by atoms with Crippen LogP contribution in [0.5, 0.6) is 11.5 Å². The molecule has 0 unspecified atom stereocenters. The third-order valence-corrected chi connectivity index (χ3v) is 4.72. The topological polar surface area (TPSA) is 101 Å². The van der Waals surface area contributed by atoms with E-state index in [9.17, 15) is 9.59 Å². The van der Waals surface area contributed by atoms with Gasteiger partial charge in [-0.3, -0.25) is 10.2 Å². The number of amides is 1. The van der Waals surface area contributed by atoms with Crippen LogP contribution in [0.25, 0.3) is 6.08 Å². The highest BCUT2D eigenvalue weighted by Crippen LogP contribution is 2.31. The lowest BCUT2D eigenvalue weighted by Crippen LogP contribution is -2.38. The predicted octanol–water partition coefficient (Wildman–Crippen LogP) is 4.06. The van der Waals surface area contributed by atoms with Gasteiger partial charge in [0.2, 0.25) is 0 Å². The number of aryl methyl sites for hydroxylation is 1. The number of nitrogens with zero attached hydrogens (tertiary/aromatic N) is 2. The van der Waals surface area contributed by atoms with E-state index in [1.165, 1.54) is 11.1 Å². The molecule has 1 amide bonds. The molecule has 0 bridgehead atoms. The highest BCUT2D eigenvalue weighted by atomic mass is 16.7. The smallest absolute Gasteiger partial charge is 0.343 e. The van der Waals surface area contributed by atoms with E-state index in [1.807, 2.05) is 19.9 Å². The van der Waals surface area contributed by atoms with E-state index >= 15 is 0 Å². The van der Waals surface area contributed by atoms with E-state index in [1.54, 1.807) is 49.4 Å². The first-order chi connectivity index (χ1) is 15.4. The lowest BCUT2D eigenvalue weighted by Gasteiger charge is -2.23. The van der Waals surface area contributed by atoms with Crippen LogP contribution in [-0.2, 0) is 9.63 Å². The second kappa shape index (κ2) is 8.50. The van der Waals surface area contributed by atoms with E-state index in [0.717, 1.165) is 5.56 Å². The summed E-state index contributed by atoms with van der Waals surface area (Å²) in [5.41, 5.74) is 2.04. The Balaban J connectivity index is 1.61. The molecule has 0 atom stereocenters. The van der Waals surface area contributed by atoms with Crippen LogP contribution in [0.1, 0.15) is 35.3 Å². The van der Waals surface area contributed by atoms with Gasteiger partial charge in [-0.25, -0.2) is 4.79 Å². The molecule has 8 heteroatoms. The maximum absolute atomic E-state index is 12.5. The second-order valence-corrected chi connectivity index (χ2v) is 7.22. The summed E-state index contributed by atoms with van der Waals surface area (Å²) in [4.78, 5) is 34.4. The number of aliphatic imine (C=N–C) groups is 1. The molecular weight excluding hydrogens is 410 g/mol. The van der Waals surface area contributed by atoms with Gasteiger partial charge in [0, 0.05) is 6.08 Å². The van der Waals surface area contributed by atoms with Crippen molar-refractivity contribution in [3.05, 3.63) is 76.6 Å². The SMILES string of the molecule is CCOc1cc(/C=C2\C(=N)N3OC(C)=CC3=NC2=O)ccc1OC(=O)c1cccc(C)c1. The third-order valence-electron chi connectivity index (χ3n) is 4.72. The van der Waals surface area contributed by atoms with E-state index < -0.39 is 11.9 Å². The zero-order chi connectivity index (χ0) is 22.8. The van der Waals surface area contributed by atoms with E-state index in [4.69, 9.17) is 19.7 Å². The molecule has 8 nitrogen and oxygen atoms in total. The zero-order valence-corrected chi connectivity index (χ0v) is 17.8. The average molecular weight is 431 g/mol. The van der Waals surface area contributed by atoms with Crippen LogP contribution < -0.4 is 9.47 Å². The Morgan fingerprint density at radius 3 is 2.75 bits per heavy atom. The number of nitrogens with one attached hydrogen (secondary N) is 1. The van der Waals surface area contributed by atoms with Crippen molar-refractivity contribution in [2.75, 3.05) is 6.61 Å². The summed E-state index contributed by atoms with van der Waals surface area (Å²) in [6.07, 6.45) is 3.12. The first kappa shape index (κ1) is 21.0. The predicted molar refractivity (Wildman–Crippen MR) is 119 cm³/mol. The van der Waals surface area contributed by atoms with Crippen molar-refractivity contribution < 1.29 is 23.9 Å². The van der Waals surface area contributed by atoms with E-state index in [-0.39, 0.29) is 23.0 Å². The fourth-order valence-corrected chi connectivity index (χ4v) is 3.27. The van der Waals surface area contributed by atoms with Crippen molar-refractivity contribution in [2.24, 2.45) is 4.99 Å². The summed E-state index contributed by atoms with van der Waals surface area (Å²) in [6.45, 7) is 5.78. The van der Waals surface area contributed by atoms with Gasteiger partial charge in [0.05, 0.1) is 17.7 Å². The Hall–Kier alpha value is -4.20. The Labute approximate surface area is 184 Å². The number of rotatable bonds is 5. The van der Waals surface area contributed by atoms with Crippen LogP contribution in [0.3, 0.4) is 0 Å². The van der Waals surface area contributed by atoms with Crippen LogP contribution in [-0.4, -0.2) is 35.2 Å². The molecule has 0 spiro atoms. The number of carbonyl (C=O) groups is 2. The van der Waals surface area contributed by atoms with Crippen molar-refractivity contribution in [1.29, 1.82) is 5.41 Å². The van der Waals surface area contributed by atoms with Gasteiger partial charge in [0.1, 0.15) is 5.76 Å². The van der Waals surface area contributed by atoms with Gasteiger partial charge < -0.3 is 14.3 Å². The summed E-state index contributed by atoms with van der Waals surface area (Å²) < 4.78 is 11.2. The lowest BCUT2D eigenvalue weighted by atomic mass is 10.1. The minimum atomic E-state index is -0.538. The van der Waals surface area contributed by atoms with Crippen molar-refractivity contribution in [2.45, 2.75) is 20.8 Å². The van der Waals surface area contributed by atoms with E-state index in [0.29, 0.717) is 29.2 Å². The van der Waals surface area contributed by atoms with Crippen LogP contribution >= 0.6 is 0 Å². The fourth-order valence-electron chi connectivity index (χ4n) is 3.27. The van der Waals surface area contributed by atoms with Crippen molar-refractivity contribution >= 4 is 29.6 Å². The quantitative estimate of drug-likeness (QED) is 0.435. The van der Waals surface area contributed by atoms with Crippen LogP contribution in [0.15, 0.2) is 64.9 Å². The first-order valence-corrected chi connectivity index (χ1v) is 10.0. The molecule has 2 aliphatic rings. The molecule has 2 aliphatic heterocycles. The number of amidine groups is 2. The number of hydrogen-bond donors (Lipinski definition) is 1. The largest absolute Gasteiger partial charge is 0.490 e. The van der Waals surface area contributed by atoms with Crippen molar-refractivity contribution in [3.8, 4) is 11.5 Å². The Morgan fingerprint density at radius 2 is 2.00 bits per heavy atom. The number of fused-ring (bicyclic) bond motifs is 1. The van der Waals surface area contributed by atoms with Crippen LogP contribution in [0.4, 0.5) is 0 Å². The molecular formula is C24H21N3O5. The van der Waals surface area contributed by atoms with Gasteiger partial charge in [0.15, 0.2) is 23.2 Å². The molecule has 32 heavy (non-hydrogen) atoms. The zero-order valence-electron chi connectivity index (χ0n) is 17.8. The number of esters is 1. The summed E-state index contributed by atoms with van der Waals surface area (Å²) in [5, 5.41) is 9.52. The molecule has 0 aromatic heterocycles. The van der Waals surface area contributed by atoms with Gasteiger partial charge in [-0.15, -0.1) is 5.06 Å². The molecule has 2 heterocycles. The molecule has 0 saturated carbocycles. The summed E-state index contributed by atoms with van der Waals surface area (Å²) in [6, 6.07) is 12.0. The normalized spacial score (nSPS) is 16.3. The average Bonchev–Trinajstić information content (AvgIpc) is 3.13. The minimum Gasteiger partial charge on any atom is -0.490 e. The van der Waals surface area contributed by atoms with Gasteiger partial charge in [-0.05, 0) is 56.7 Å². The standard InChI is InChI=1S/C24H21N3O5/c1-4-30-20-13-16(8-9-19(20)31-24(29)17-7-5-6-14(2)10-17)12-18-22(25)27-21(26-23(18)28)11-15(3)32-27/h5-13,25H,4H2,1-3H3/b18-12+,25-22?. The maximum Gasteiger partial charge on any atom is 0.343 e. The minimum absolute atomic E-state index is 0.0730. The number of carbonyl (C=O) groups excluding carboxylic acids is 2. The molecule has 0 radical (unpaired) electrons. The number of allylic oxidation sites excluding steroid dienone is 1. The van der Waals surface area contributed by atoms with Gasteiger partial charge in [0.25, 0.3) is 5.91 Å². The molecule has 0 fully saturated rings. The second-order valence-electron chi connectivity index (χ2n) is 7.22. The molecule has 2 aromatic carbocycles. The van der Waals surface area contributed by atoms with Crippen LogP contribution in [0, 0.1) is 12.3 Å². The highest BCUT2D eigenvalue weighted by Gasteiger charge is 2.34. The summed E-state index contributed by atoms with van der Waals surface area (Å²) >= 11 is 0. The number of hydroxylamine groups is 2. The fraction of sp³-hybridized carbons (Fsp3) is 0.167. The molecule has 2 aromatic rings. The molecule has 162 valence electrons. The Bertz CT molecular complexity index is 1230. The molecule has 0 saturated heterocycles. The summed E-state index contributed by atoms with van der Waals surface area (Å²) in [7, 11) is 0. The Kier molecular flexibility index (Phi) is 5.59. The lowest BCUT2D eigenvalue weighted by molar-refractivity contribution is -0.114. The van der Waals surface area contributed by atoms with Crippen molar-refractivity contribution in [1.82, 2.24) is 5.06 Å². The van der Waals surface area contributed by atoms with Gasteiger partial charge in [-0.2, -0.15) is 4.99 Å². The third kappa shape index (κ3) is 4.15. The van der Waals surface area contributed by atoms with Gasteiger partial charge >= 0.3 is 5.97 Å². The number of benzene rings is 2. The maximum atomic E-state index is 12.5. The highest BCUT2D eigenvalue weighted by molar-refractivity contribution is 6.32. The number of ether oxygens (including phenoxy) is 2. The molecule has 4 rings (SSSR count).